The van der Waals surface area contributed by atoms with Gasteiger partial charge in [-0.25, -0.2) is 9.59 Å². The largest absolute Gasteiger partial charge is 0.462 e. The molecule has 1 spiro atoms. The summed E-state index contributed by atoms with van der Waals surface area (Å²) in [5, 5.41) is 5.83. The molecule has 1 aliphatic heterocycles. The highest BCUT2D eigenvalue weighted by molar-refractivity contribution is 7.16. The highest BCUT2D eigenvalue weighted by Crippen LogP contribution is 2.41. The number of amides is 4. The highest BCUT2D eigenvalue weighted by Gasteiger charge is 2.55. The van der Waals surface area contributed by atoms with E-state index in [1.165, 1.54) is 11.3 Å². The molecule has 2 N–H and O–H groups in total. The number of nitrogens with one attached hydrogen (secondary N) is 2. The molecule has 2 heterocycles. The summed E-state index contributed by atoms with van der Waals surface area (Å²) in [5.41, 5.74) is 0.969. The van der Waals surface area contributed by atoms with E-state index in [2.05, 4.69) is 10.6 Å². The molecule has 0 radical (unpaired) electrons. The Hall–Kier alpha value is -3.20. The molecule has 0 saturated carbocycles. The third kappa shape index (κ3) is 3.59. The van der Waals surface area contributed by atoms with Crippen molar-refractivity contribution in [3.8, 4) is 0 Å². The van der Waals surface area contributed by atoms with E-state index in [9.17, 15) is 19.2 Å². The predicted octanol–water partition coefficient (Wildman–Crippen LogP) is 2.82. The molecule has 1 aromatic heterocycles. The van der Waals surface area contributed by atoms with Crippen LogP contribution < -0.4 is 10.6 Å². The second kappa shape index (κ2) is 8.14. The molecule has 31 heavy (non-hydrogen) atoms. The first-order chi connectivity index (χ1) is 14.9. The summed E-state index contributed by atoms with van der Waals surface area (Å²) < 4.78 is 5.06. The number of aryl methyl sites for hydroxylation is 2. The van der Waals surface area contributed by atoms with Gasteiger partial charge >= 0.3 is 12.0 Å². The summed E-state index contributed by atoms with van der Waals surface area (Å²) in [5.74, 6) is -1.50. The van der Waals surface area contributed by atoms with Crippen LogP contribution in [-0.4, -0.2) is 41.9 Å². The van der Waals surface area contributed by atoms with Gasteiger partial charge in [-0.3, -0.25) is 14.5 Å². The number of rotatable bonds is 6. The Kier molecular flexibility index (Phi) is 5.53. The second-order valence-corrected chi connectivity index (χ2v) is 8.60. The zero-order chi connectivity index (χ0) is 22.2. The lowest BCUT2D eigenvalue weighted by Gasteiger charge is -2.22. The van der Waals surface area contributed by atoms with Crippen molar-refractivity contribution >= 4 is 40.2 Å². The van der Waals surface area contributed by atoms with Crippen LogP contribution in [0.3, 0.4) is 0 Å². The van der Waals surface area contributed by atoms with Gasteiger partial charge in [0.1, 0.15) is 17.1 Å². The molecule has 4 amide bonds. The monoisotopic (exact) mass is 441 g/mol. The molecule has 1 atom stereocenters. The number of nitrogens with zero attached hydrogens (tertiary/aromatic N) is 1. The smallest absolute Gasteiger partial charge is 0.341 e. The number of thiophene rings is 1. The van der Waals surface area contributed by atoms with E-state index in [4.69, 9.17) is 4.74 Å². The number of carbonyl (C=O) groups is 4. The Bertz CT molecular complexity index is 1080. The third-order valence-corrected chi connectivity index (χ3v) is 6.80. The van der Waals surface area contributed by atoms with E-state index in [1.807, 2.05) is 31.2 Å². The average molecular weight is 442 g/mol. The van der Waals surface area contributed by atoms with Gasteiger partial charge in [0.15, 0.2) is 0 Å². The number of fused-ring (bicyclic) bond motifs is 2. The minimum Gasteiger partial charge on any atom is -0.462 e. The van der Waals surface area contributed by atoms with Crippen molar-refractivity contribution in [1.82, 2.24) is 10.2 Å². The average Bonchev–Trinajstić information content (AvgIpc) is 3.40. The Labute approximate surface area is 183 Å². The number of hydrogen-bond donors (Lipinski definition) is 2. The zero-order valence-electron chi connectivity index (χ0n) is 17.3. The Morgan fingerprint density at radius 2 is 2.03 bits per heavy atom. The van der Waals surface area contributed by atoms with Crippen LogP contribution in [0.2, 0.25) is 0 Å². The van der Waals surface area contributed by atoms with E-state index < -0.39 is 35.9 Å². The molecule has 1 aromatic carbocycles. The molecule has 162 valence electrons. The number of anilines is 1. The highest BCUT2D eigenvalue weighted by atomic mass is 32.1. The fraction of sp³-hybridized carbons (Fsp3) is 0.364. The van der Waals surface area contributed by atoms with E-state index in [1.54, 1.807) is 13.0 Å². The number of imide groups is 1. The number of hydrogen-bond acceptors (Lipinski definition) is 6. The summed E-state index contributed by atoms with van der Waals surface area (Å²) in [6.45, 7) is 3.43. The topological polar surface area (TPSA) is 105 Å². The van der Waals surface area contributed by atoms with Crippen LogP contribution in [0.4, 0.5) is 9.80 Å². The summed E-state index contributed by atoms with van der Waals surface area (Å²) >= 11 is 1.27. The SMILES string of the molecule is CCOC(=O)c1cc(CC)sc1NC(=O)CN1C(=O)N[C@]2(CCc3ccccc32)C1=O. The van der Waals surface area contributed by atoms with E-state index in [0.717, 1.165) is 20.9 Å². The first-order valence-electron chi connectivity index (χ1n) is 10.2. The Morgan fingerprint density at radius 1 is 1.26 bits per heavy atom. The number of benzene rings is 1. The lowest BCUT2D eigenvalue weighted by molar-refractivity contribution is -0.134. The molecule has 2 aromatic rings. The van der Waals surface area contributed by atoms with Gasteiger partial charge in [-0.1, -0.05) is 31.2 Å². The van der Waals surface area contributed by atoms with Gasteiger partial charge in [0.2, 0.25) is 5.91 Å². The summed E-state index contributed by atoms with van der Waals surface area (Å²) in [7, 11) is 0. The summed E-state index contributed by atoms with van der Waals surface area (Å²) in [4.78, 5) is 52.6. The van der Waals surface area contributed by atoms with Crippen molar-refractivity contribution in [3.63, 3.8) is 0 Å². The Balaban J connectivity index is 1.51. The fourth-order valence-corrected chi connectivity index (χ4v) is 5.11. The van der Waals surface area contributed by atoms with Crippen LogP contribution in [-0.2, 0) is 32.7 Å². The molecule has 0 bridgehead atoms. The number of carbonyl (C=O) groups excluding carboxylic acids is 4. The third-order valence-electron chi connectivity index (χ3n) is 5.60. The molecule has 1 saturated heterocycles. The van der Waals surface area contributed by atoms with Gasteiger partial charge in [0.25, 0.3) is 5.91 Å². The first-order valence-corrected chi connectivity index (χ1v) is 11.0. The van der Waals surface area contributed by atoms with Crippen LogP contribution in [0, 0.1) is 0 Å². The predicted molar refractivity (Wildman–Crippen MR) is 115 cm³/mol. The minimum absolute atomic E-state index is 0.218. The number of urea groups is 1. The summed E-state index contributed by atoms with van der Waals surface area (Å²) in [6, 6.07) is 8.61. The normalized spacial score (nSPS) is 19.5. The van der Waals surface area contributed by atoms with Gasteiger partial charge < -0.3 is 15.4 Å². The standard InChI is InChI=1S/C22H23N3O5S/c1-3-14-11-15(19(27)30-4-2)18(31-14)23-17(26)12-25-20(28)22(24-21(25)29)10-9-13-7-5-6-8-16(13)22/h5-8,11H,3-4,9-10,12H2,1-2H3,(H,23,26)(H,24,29)/t22-/m0/s1. The molecule has 8 nitrogen and oxygen atoms in total. The molecule has 1 fully saturated rings. The van der Waals surface area contributed by atoms with Crippen LogP contribution in [0.5, 0.6) is 0 Å². The molecule has 9 heteroatoms. The van der Waals surface area contributed by atoms with E-state index in [0.29, 0.717) is 24.3 Å². The van der Waals surface area contributed by atoms with Crippen molar-refractivity contribution in [2.75, 3.05) is 18.5 Å². The van der Waals surface area contributed by atoms with Gasteiger partial charge in [0, 0.05) is 4.88 Å². The van der Waals surface area contributed by atoms with Crippen molar-refractivity contribution in [1.29, 1.82) is 0 Å². The molecule has 0 unspecified atom stereocenters. The van der Waals surface area contributed by atoms with Crippen LogP contribution in [0.1, 0.15) is 46.6 Å². The molecular formula is C22H23N3O5S. The lowest BCUT2D eigenvalue weighted by atomic mass is 9.92. The van der Waals surface area contributed by atoms with Crippen molar-refractivity contribution in [3.05, 3.63) is 51.9 Å². The molecule has 2 aliphatic rings. The summed E-state index contributed by atoms with van der Waals surface area (Å²) in [6.07, 6.45) is 1.84. The second-order valence-electron chi connectivity index (χ2n) is 7.46. The van der Waals surface area contributed by atoms with Crippen molar-refractivity contribution in [2.45, 2.75) is 38.6 Å². The van der Waals surface area contributed by atoms with Gasteiger partial charge in [-0.15, -0.1) is 11.3 Å². The van der Waals surface area contributed by atoms with E-state index >= 15 is 0 Å². The molecule has 4 rings (SSSR count). The van der Waals surface area contributed by atoms with Gasteiger partial charge in [0.05, 0.1) is 12.2 Å². The van der Waals surface area contributed by atoms with Crippen molar-refractivity contribution < 1.29 is 23.9 Å². The maximum atomic E-state index is 13.2. The molecule has 1 aliphatic carbocycles. The van der Waals surface area contributed by atoms with Gasteiger partial charge in [-0.2, -0.15) is 0 Å². The lowest BCUT2D eigenvalue weighted by Crippen LogP contribution is -2.43. The van der Waals surface area contributed by atoms with Gasteiger partial charge in [-0.05, 0) is 43.4 Å². The minimum atomic E-state index is -1.11. The van der Waals surface area contributed by atoms with Crippen molar-refractivity contribution in [2.24, 2.45) is 0 Å². The maximum Gasteiger partial charge on any atom is 0.341 e. The van der Waals surface area contributed by atoms with E-state index in [-0.39, 0.29) is 12.2 Å². The van der Waals surface area contributed by atoms with Crippen LogP contribution in [0.15, 0.2) is 30.3 Å². The van der Waals surface area contributed by atoms with Crippen LogP contribution >= 0.6 is 11.3 Å². The van der Waals surface area contributed by atoms with Crippen LogP contribution in [0.25, 0.3) is 0 Å². The quantitative estimate of drug-likeness (QED) is 0.530. The molecular weight excluding hydrogens is 418 g/mol. The number of esters is 1. The zero-order valence-corrected chi connectivity index (χ0v) is 18.1. The maximum absolute atomic E-state index is 13.2. The number of ether oxygens (including phenoxy) is 1. The Morgan fingerprint density at radius 3 is 2.77 bits per heavy atom. The first kappa shape index (κ1) is 21.0. The fourth-order valence-electron chi connectivity index (χ4n) is 4.11.